The van der Waals surface area contributed by atoms with Crippen LogP contribution in [0, 0.1) is 20.8 Å². The Bertz CT molecular complexity index is 4010. The molecule has 6 atom stereocenters. The first-order chi connectivity index (χ1) is 50.2. The number of hydrogen-bond acceptors (Lipinski definition) is 21. The van der Waals surface area contributed by atoms with Crippen LogP contribution in [0.15, 0.2) is 135 Å². The smallest absolute Gasteiger partial charge is 1.00 e. The number of aromatic hydroxyl groups is 1. The number of ether oxygens (including phenoxy) is 14. The second-order valence-corrected chi connectivity index (χ2v) is 33.0. The normalized spacial score (nSPS) is 17.3. The van der Waals surface area contributed by atoms with Gasteiger partial charge in [0.05, 0.1) is 0 Å². The number of phenols is 1. The molecule has 0 saturated carbocycles. The summed E-state index contributed by atoms with van der Waals surface area (Å²) < 4.78 is 77.9. The number of phenolic OH excluding ortho intramolecular Hbond substituents is 1. The number of rotatable bonds is 15. The van der Waals surface area contributed by atoms with Crippen molar-refractivity contribution in [2.45, 2.75) is 254 Å². The zero-order chi connectivity index (χ0) is 80.0. The molecule has 0 bridgehead atoms. The average Bonchev–Trinajstić information content (AvgIpc) is 0.786. The monoisotopic (exact) mass is 1510 g/mol. The first kappa shape index (κ1) is 88.7. The summed E-state index contributed by atoms with van der Waals surface area (Å²) in [5.74, 6) is 2.24. The van der Waals surface area contributed by atoms with Gasteiger partial charge in [0.15, 0.2) is 0 Å². The van der Waals surface area contributed by atoms with Crippen LogP contribution < -0.4 is 53.2 Å². The fourth-order valence-corrected chi connectivity index (χ4v) is 12.7. The molecule has 3 aliphatic carbocycles. The van der Waals surface area contributed by atoms with Gasteiger partial charge in [-0.05, 0) is 286 Å². The van der Waals surface area contributed by atoms with Gasteiger partial charge in [0, 0.05) is 37.0 Å². The molecule has 0 fully saturated rings. The molecule has 6 aromatic carbocycles. The maximum absolute atomic E-state index is 12.7. The molecular formula is C87H111NaO21. The van der Waals surface area contributed by atoms with Gasteiger partial charge in [0.1, 0.15) is 99.6 Å². The first-order valence-electron chi connectivity index (χ1n) is 36.4. The fraction of sp³-hybridized carbons (Fsp3) is 0.471. The Morgan fingerprint density at radius 2 is 0.624 bits per heavy atom. The van der Waals surface area contributed by atoms with Gasteiger partial charge in [0.25, 0.3) is 0 Å². The maximum atomic E-state index is 12.7. The second-order valence-electron chi connectivity index (χ2n) is 33.0. The van der Waals surface area contributed by atoms with Gasteiger partial charge in [-0.3, -0.25) is 0 Å². The largest absolute Gasteiger partial charge is 1.00 e. The number of hydrogen-bond donors (Lipinski definition) is 1. The van der Waals surface area contributed by atoms with E-state index in [0.717, 1.165) is 78.3 Å². The van der Waals surface area contributed by atoms with Gasteiger partial charge in [-0.15, -0.1) is 0 Å². The van der Waals surface area contributed by atoms with Gasteiger partial charge >= 0.3 is 66.5 Å². The molecule has 1 N–H and O–H groups in total. The van der Waals surface area contributed by atoms with Crippen LogP contribution in [0.25, 0.3) is 0 Å². The maximum Gasteiger partial charge on any atom is 1.00 e. The van der Waals surface area contributed by atoms with Gasteiger partial charge in [-0.1, -0.05) is 79.9 Å². The minimum absolute atomic E-state index is 0. The van der Waals surface area contributed by atoms with Crippen molar-refractivity contribution >= 4 is 36.9 Å². The van der Waals surface area contributed by atoms with Crippen LogP contribution in [0.4, 0.5) is 28.8 Å². The van der Waals surface area contributed by atoms with E-state index in [9.17, 15) is 33.9 Å². The van der Waals surface area contributed by atoms with Crippen LogP contribution in [0.2, 0.25) is 0 Å². The standard InChI is InChI=1S/2C30H38O7.C27H34O7.Na.H/c2*1-9-15-33-22-14-13-20-18-26(35-28(32)37-30(6,7)8)24(17-21(20)16-22)23-11-10-12-25(19(23)2)34-27(31)36-29(3,4)5;1-16-20(9-8-10-22(16)31-24(29)33-26(2,3)4)21-14-18-13-19(28)12-11-17(18)15-23(21)32-25(30)34-27(5,6)7;;/h2*9-14,16,24,26H,1,15,17-18H2,2-8H3;8-13,21,23,28H,14-15H2,1-7H3;;/q;;;+1;-1/t2*24-,26+;21-,23+;;/m111../s1. The third kappa shape index (κ3) is 28.0. The molecule has 9 rings (SSSR count). The van der Waals surface area contributed by atoms with Crippen molar-refractivity contribution in [3.8, 4) is 34.5 Å². The molecule has 0 aromatic heterocycles. The summed E-state index contributed by atoms with van der Waals surface area (Å²) in [7, 11) is 0. The van der Waals surface area contributed by atoms with Gasteiger partial charge < -0.3 is 72.8 Å². The van der Waals surface area contributed by atoms with Crippen molar-refractivity contribution in [1.29, 1.82) is 0 Å². The van der Waals surface area contributed by atoms with Crippen molar-refractivity contribution in [2.75, 3.05) is 13.2 Å². The molecule has 0 saturated heterocycles. The van der Waals surface area contributed by atoms with Gasteiger partial charge in [0.2, 0.25) is 0 Å². The Balaban J connectivity index is 0.000000293. The number of carbonyl (C=O) groups is 6. The number of fused-ring (bicyclic) bond motifs is 3. The Morgan fingerprint density at radius 3 is 0.890 bits per heavy atom. The topological polar surface area (TPSA) is 252 Å². The summed E-state index contributed by atoms with van der Waals surface area (Å²) in [5, 5.41) is 10.00. The van der Waals surface area contributed by atoms with Crippen LogP contribution in [-0.2, 0) is 81.2 Å². The molecule has 0 radical (unpaired) electrons. The van der Waals surface area contributed by atoms with E-state index in [1.54, 1.807) is 173 Å². The molecule has 0 heterocycles. The van der Waals surface area contributed by atoms with E-state index in [1.165, 1.54) is 0 Å². The van der Waals surface area contributed by atoms with E-state index < -0.39 is 88.9 Å². The minimum atomic E-state index is -0.784. The Morgan fingerprint density at radius 1 is 0.367 bits per heavy atom. The quantitative estimate of drug-likeness (QED) is 0.0330. The molecule has 3 aliphatic rings. The van der Waals surface area contributed by atoms with Crippen LogP contribution in [0.3, 0.4) is 0 Å². The Hall–Kier alpha value is -9.18. The summed E-state index contributed by atoms with van der Waals surface area (Å²) >= 11 is 0. The minimum Gasteiger partial charge on any atom is -1.00 e. The van der Waals surface area contributed by atoms with E-state index in [1.807, 2.05) is 93.6 Å². The van der Waals surface area contributed by atoms with E-state index >= 15 is 0 Å². The van der Waals surface area contributed by atoms with Crippen LogP contribution in [0.1, 0.15) is 211 Å². The number of benzene rings is 6. The Kier molecular flexibility index (Phi) is 30.5. The SMILES string of the molecule is C=CCOc1ccc2c(c1)C[C@H](c1cccc(OC(=O)OC(C)(C)C)c1C)[C@@H](OC(=O)OC(C)(C)C)C2.C=CCOc1ccc2c(c1)C[C@H](c1cccc(OC(=O)OC(C)(C)C)c1C)[C@@H](OC(=O)OC(C)(C)C)C2.Cc1c(OC(=O)OC(C)(C)C)cccc1[C@H]1Cc2cc(O)ccc2C[C@@H]1OC(=O)OC(C)(C)C.[H-].[Na+]. The predicted molar refractivity (Wildman–Crippen MR) is 411 cm³/mol. The third-order valence-electron chi connectivity index (χ3n) is 17.0. The summed E-state index contributed by atoms with van der Waals surface area (Å²) in [6.45, 7) is 46.0. The van der Waals surface area contributed by atoms with Crippen LogP contribution >= 0.6 is 0 Å². The van der Waals surface area contributed by atoms with Crippen molar-refractivity contribution in [1.82, 2.24) is 0 Å². The zero-order valence-corrected chi connectivity index (χ0v) is 69.7. The van der Waals surface area contributed by atoms with E-state index in [4.69, 9.17) is 66.3 Å². The summed E-state index contributed by atoms with van der Waals surface area (Å²) in [5.41, 5.74) is 7.31. The second kappa shape index (κ2) is 37.5. The zero-order valence-electron chi connectivity index (χ0n) is 68.7. The summed E-state index contributed by atoms with van der Waals surface area (Å²) in [4.78, 5) is 74.8. The van der Waals surface area contributed by atoms with Crippen LogP contribution in [0.5, 0.6) is 34.5 Å². The molecule has 21 nitrogen and oxygen atoms in total. The summed E-state index contributed by atoms with van der Waals surface area (Å²) in [6, 6.07) is 33.6. The average molecular weight is 1520 g/mol. The van der Waals surface area contributed by atoms with E-state index in [0.29, 0.717) is 69.0 Å². The van der Waals surface area contributed by atoms with Crippen molar-refractivity contribution in [3.63, 3.8) is 0 Å². The van der Waals surface area contributed by atoms with Gasteiger partial charge in [-0.2, -0.15) is 0 Å². The molecule has 586 valence electrons. The van der Waals surface area contributed by atoms with Crippen molar-refractivity contribution in [2.24, 2.45) is 0 Å². The van der Waals surface area contributed by atoms with Crippen molar-refractivity contribution < 1.29 is 131 Å². The van der Waals surface area contributed by atoms with Crippen LogP contribution in [-0.4, -0.2) is 107 Å². The molecule has 0 spiro atoms. The third-order valence-corrected chi connectivity index (χ3v) is 17.0. The Labute approximate surface area is 666 Å². The molecular weight excluding hydrogens is 1400 g/mol. The summed E-state index contributed by atoms with van der Waals surface area (Å²) in [6.07, 6.45) is 0.703. The fourth-order valence-electron chi connectivity index (χ4n) is 12.7. The van der Waals surface area contributed by atoms with E-state index in [-0.39, 0.29) is 54.5 Å². The van der Waals surface area contributed by atoms with Gasteiger partial charge in [-0.25, -0.2) is 28.8 Å². The molecule has 0 aliphatic heterocycles. The first-order valence-corrected chi connectivity index (χ1v) is 36.4. The van der Waals surface area contributed by atoms with Crippen molar-refractivity contribution in [3.05, 3.63) is 201 Å². The van der Waals surface area contributed by atoms with E-state index in [2.05, 4.69) is 13.2 Å². The molecule has 109 heavy (non-hydrogen) atoms. The number of carbonyl (C=O) groups excluding carboxylic acids is 6. The predicted octanol–water partition coefficient (Wildman–Crippen LogP) is 17.5. The molecule has 0 unspecified atom stereocenters. The molecule has 22 heteroatoms. The molecule has 0 amide bonds. The molecule has 6 aromatic rings.